The maximum Gasteiger partial charge on any atom is 0.417 e. The summed E-state index contributed by atoms with van der Waals surface area (Å²) in [4.78, 5) is 17.7. The smallest absolute Gasteiger partial charge is 0.349 e. The van der Waals surface area contributed by atoms with Gasteiger partial charge in [-0.05, 0) is 43.0 Å². The highest BCUT2D eigenvalue weighted by molar-refractivity contribution is 7.99. The van der Waals surface area contributed by atoms with Crippen molar-refractivity contribution in [1.82, 2.24) is 10.3 Å². The lowest BCUT2D eigenvalue weighted by Gasteiger charge is -2.29. The highest BCUT2D eigenvalue weighted by Gasteiger charge is 2.33. The maximum atomic E-state index is 13.4. The van der Waals surface area contributed by atoms with Gasteiger partial charge in [-0.2, -0.15) is 13.2 Å². The van der Waals surface area contributed by atoms with E-state index in [1.165, 1.54) is 18.6 Å². The number of pyridine rings is 1. The van der Waals surface area contributed by atoms with Gasteiger partial charge < -0.3 is 5.32 Å². The van der Waals surface area contributed by atoms with E-state index >= 15 is 0 Å². The van der Waals surface area contributed by atoms with E-state index in [1.807, 2.05) is 12.1 Å². The first kappa shape index (κ1) is 21.7. The van der Waals surface area contributed by atoms with Crippen molar-refractivity contribution in [1.29, 1.82) is 0 Å². The number of rotatable bonds is 4. The average molecular weight is 445 g/mol. The van der Waals surface area contributed by atoms with Crippen molar-refractivity contribution in [3.05, 3.63) is 65.7 Å². The number of halogens is 3. The molecule has 1 fully saturated rings. The average Bonchev–Trinajstić information content (AvgIpc) is 2.74. The number of hydrogen-bond acceptors (Lipinski definition) is 3. The van der Waals surface area contributed by atoms with E-state index in [2.05, 4.69) is 17.2 Å². The minimum absolute atomic E-state index is 0.0602. The second-order valence-corrected chi connectivity index (χ2v) is 9.03. The molecule has 1 saturated carbocycles. The van der Waals surface area contributed by atoms with E-state index in [4.69, 9.17) is 0 Å². The summed E-state index contributed by atoms with van der Waals surface area (Å²) in [6.45, 7) is 2.14. The molecule has 0 radical (unpaired) electrons. The van der Waals surface area contributed by atoms with Crippen LogP contribution in [0.25, 0.3) is 10.9 Å². The molecule has 4 rings (SSSR count). The third-order valence-corrected chi connectivity index (χ3v) is 6.77. The molecule has 3 nitrogen and oxygen atoms in total. The number of nitrogens with one attached hydrogen (secondary N) is 1. The number of alkyl halides is 3. The van der Waals surface area contributed by atoms with Crippen molar-refractivity contribution in [3.63, 3.8) is 0 Å². The molecule has 1 N–H and O–H groups in total. The fourth-order valence-electron chi connectivity index (χ4n) is 4.07. The van der Waals surface area contributed by atoms with E-state index in [1.54, 1.807) is 24.3 Å². The van der Waals surface area contributed by atoms with Crippen molar-refractivity contribution in [3.8, 4) is 0 Å². The standard InChI is InChI=1S/C24H23F3N2OS/c1-15-8-2-5-11-19(15)29-23(30)17-14-22(28-20-12-6-3-9-16(17)20)31-21-13-7-4-10-18(21)24(25,26)27/h3-4,6-7,9-10,12-15,19H,2,5,8,11H2,1H3,(H,29,30)/t15-,19-/m0/s1. The van der Waals surface area contributed by atoms with Gasteiger partial charge >= 0.3 is 6.18 Å². The first-order chi connectivity index (χ1) is 14.8. The highest BCUT2D eigenvalue weighted by Crippen LogP contribution is 2.39. The molecule has 1 aliphatic rings. The molecule has 1 aromatic heterocycles. The number of carbonyl (C=O) groups is 1. The number of benzene rings is 2. The quantitative estimate of drug-likeness (QED) is 0.486. The minimum atomic E-state index is -4.46. The third-order valence-electron chi connectivity index (χ3n) is 5.77. The lowest BCUT2D eigenvalue weighted by Crippen LogP contribution is -2.41. The van der Waals surface area contributed by atoms with Crippen LogP contribution >= 0.6 is 11.8 Å². The summed E-state index contributed by atoms with van der Waals surface area (Å²) in [6.07, 6.45) is -0.182. The van der Waals surface area contributed by atoms with Crippen LogP contribution in [0, 0.1) is 5.92 Å². The number of nitrogens with zero attached hydrogens (tertiary/aromatic N) is 1. The number of carbonyl (C=O) groups excluding carboxylic acids is 1. The topological polar surface area (TPSA) is 42.0 Å². The summed E-state index contributed by atoms with van der Waals surface area (Å²) >= 11 is 0.923. The lowest BCUT2D eigenvalue weighted by atomic mass is 9.86. The first-order valence-corrected chi connectivity index (χ1v) is 11.2. The van der Waals surface area contributed by atoms with Crippen LogP contribution in [-0.2, 0) is 6.18 Å². The van der Waals surface area contributed by atoms with Crippen molar-refractivity contribution in [2.75, 3.05) is 0 Å². The molecule has 162 valence electrons. The molecule has 0 unspecified atom stereocenters. The van der Waals surface area contributed by atoms with Crippen LogP contribution in [0.2, 0.25) is 0 Å². The van der Waals surface area contributed by atoms with Crippen molar-refractivity contribution >= 4 is 28.6 Å². The Morgan fingerprint density at radius 3 is 2.55 bits per heavy atom. The Labute approximate surface area is 183 Å². The normalized spacial score (nSPS) is 19.4. The summed E-state index contributed by atoms with van der Waals surface area (Å²) in [5.74, 6) is 0.196. The predicted octanol–water partition coefficient (Wildman–Crippen LogP) is 6.71. The largest absolute Gasteiger partial charge is 0.417 e. The van der Waals surface area contributed by atoms with E-state index in [-0.39, 0.29) is 16.8 Å². The van der Waals surface area contributed by atoms with Gasteiger partial charge in [0.25, 0.3) is 5.91 Å². The number of para-hydroxylation sites is 1. The van der Waals surface area contributed by atoms with Gasteiger partial charge in [0.05, 0.1) is 16.6 Å². The highest BCUT2D eigenvalue weighted by atomic mass is 32.2. The zero-order valence-corrected chi connectivity index (χ0v) is 17.9. The predicted molar refractivity (Wildman–Crippen MR) is 116 cm³/mol. The fraction of sp³-hybridized carbons (Fsp3) is 0.333. The van der Waals surface area contributed by atoms with E-state index in [0.29, 0.717) is 27.4 Å². The van der Waals surface area contributed by atoms with E-state index in [9.17, 15) is 18.0 Å². The molecular weight excluding hydrogens is 421 g/mol. The lowest BCUT2D eigenvalue weighted by molar-refractivity contribution is -0.139. The maximum absolute atomic E-state index is 13.4. The Morgan fingerprint density at radius 2 is 1.77 bits per heavy atom. The Bertz CT molecular complexity index is 1100. The molecule has 0 saturated heterocycles. The zero-order valence-electron chi connectivity index (χ0n) is 17.1. The minimum Gasteiger partial charge on any atom is -0.349 e. The molecule has 31 heavy (non-hydrogen) atoms. The van der Waals surface area contributed by atoms with Gasteiger partial charge in [0.2, 0.25) is 0 Å². The van der Waals surface area contributed by atoms with Gasteiger partial charge in [-0.1, -0.05) is 61.9 Å². The van der Waals surface area contributed by atoms with Crippen molar-refractivity contribution < 1.29 is 18.0 Å². The molecule has 3 aromatic rings. The van der Waals surface area contributed by atoms with Crippen molar-refractivity contribution in [2.24, 2.45) is 5.92 Å². The van der Waals surface area contributed by atoms with Gasteiger partial charge in [0, 0.05) is 16.3 Å². The van der Waals surface area contributed by atoms with E-state index in [0.717, 1.165) is 37.1 Å². The summed E-state index contributed by atoms with van der Waals surface area (Å²) in [6, 6.07) is 14.3. The zero-order chi connectivity index (χ0) is 22.0. The fourth-order valence-corrected chi connectivity index (χ4v) is 5.06. The number of amides is 1. The Balaban J connectivity index is 1.70. The molecule has 0 bridgehead atoms. The van der Waals surface area contributed by atoms with Gasteiger partial charge in [-0.15, -0.1) is 0 Å². The number of fused-ring (bicyclic) bond motifs is 1. The number of aromatic nitrogens is 1. The Hall–Kier alpha value is -2.54. The van der Waals surface area contributed by atoms with Crippen molar-refractivity contribution in [2.45, 2.75) is 54.7 Å². The third kappa shape index (κ3) is 4.87. The first-order valence-electron chi connectivity index (χ1n) is 10.4. The Morgan fingerprint density at radius 1 is 1.06 bits per heavy atom. The molecule has 0 aliphatic heterocycles. The van der Waals surface area contributed by atoms with Crippen LogP contribution in [-0.4, -0.2) is 16.9 Å². The van der Waals surface area contributed by atoms with E-state index < -0.39 is 11.7 Å². The second kappa shape index (κ2) is 8.91. The number of hydrogen-bond donors (Lipinski definition) is 1. The molecule has 1 heterocycles. The summed E-state index contributed by atoms with van der Waals surface area (Å²) in [5.41, 5.74) is 0.311. The summed E-state index contributed by atoms with van der Waals surface area (Å²) in [7, 11) is 0. The summed E-state index contributed by atoms with van der Waals surface area (Å²) < 4.78 is 40.2. The SMILES string of the molecule is C[C@H]1CCCC[C@@H]1NC(=O)c1cc(Sc2ccccc2C(F)(F)F)nc2ccccc12. The van der Waals surface area contributed by atoms with Gasteiger partial charge in [0.1, 0.15) is 5.03 Å². The van der Waals surface area contributed by atoms with Crippen LogP contribution < -0.4 is 5.32 Å². The monoisotopic (exact) mass is 444 g/mol. The van der Waals surface area contributed by atoms with Crippen LogP contribution in [0.15, 0.2) is 64.5 Å². The van der Waals surface area contributed by atoms with Crippen LogP contribution in [0.5, 0.6) is 0 Å². The molecule has 1 aliphatic carbocycles. The Kier molecular flexibility index (Phi) is 6.23. The molecule has 0 spiro atoms. The molecule has 7 heteroatoms. The van der Waals surface area contributed by atoms with Gasteiger partial charge in [-0.3, -0.25) is 4.79 Å². The molecule has 2 atom stereocenters. The summed E-state index contributed by atoms with van der Waals surface area (Å²) in [5, 5.41) is 4.20. The molecule has 1 amide bonds. The second-order valence-electron chi connectivity index (χ2n) is 7.96. The van der Waals surface area contributed by atoms with Gasteiger partial charge in [-0.25, -0.2) is 4.98 Å². The van der Waals surface area contributed by atoms with Crippen LogP contribution in [0.3, 0.4) is 0 Å². The van der Waals surface area contributed by atoms with Gasteiger partial charge in [0.15, 0.2) is 0 Å². The molecular formula is C24H23F3N2OS. The van der Waals surface area contributed by atoms with Crippen LogP contribution in [0.1, 0.15) is 48.5 Å². The molecule has 2 aromatic carbocycles. The van der Waals surface area contributed by atoms with Crippen LogP contribution in [0.4, 0.5) is 13.2 Å².